The number of rotatable bonds is 4. The van der Waals surface area contributed by atoms with Crippen molar-refractivity contribution in [1.29, 1.82) is 0 Å². The minimum atomic E-state index is -4.85. The van der Waals surface area contributed by atoms with Crippen molar-refractivity contribution >= 4 is 6.09 Å². The maximum atomic E-state index is 12.5. The van der Waals surface area contributed by atoms with Crippen LogP contribution in [0.15, 0.2) is 28.8 Å². The summed E-state index contributed by atoms with van der Waals surface area (Å²) in [6.45, 7) is 6.69. The third-order valence-electron chi connectivity index (χ3n) is 2.90. The first kappa shape index (κ1) is 19.5. The number of hydrogen-bond donors (Lipinski definition) is 1. The minimum absolute atomic E-state index is 0.00398. The largest absolute Gasteiger partial charge is 0.573 e. The second kappa shape index (κ2) is 7.22. The Hall–Kier alpha value is -2.78. The number of ether oxygens (including phenoxy) is 2. The number of carbonyl (C=O) groups is 1. The molecular weight excluding hydrogens is 355 g/mol. The molecule has 1 amide bonds. The molecule has 10 heteroatoms. The number of aromatic nitrogens is 2. The van der Waals surface area contributed by atoms with Gasteiger partial charge in [-0.1, -0.05) is 17.3 Å². The highest BCUT2D eigenvalue weighted by Gasteiger charge is 2.33. The summed E-state index contributed by atoms with van der Waals surface area (Å²) in [4.78, 5) is 15.8. The van der Waals surface area contributed by atoms with Crippen molar-refractivity contribution in [2.24, 2.45) is 0 Å². The number of amides is 1. The molecule has 0 saturated heterocycles. The fourth-order valence-electron chi connectivity index (χ4n) is 1.93. The molecule has 0 bridgehead atoms. The highest BCUT2D eigenvalue weighted by Crippen LogP contribution is 2.32. The van der Waals surface area contributed by atoms with Crippen LogP contribution < -0.4 is 10.1 Å². The Balaban J connectivity index is 2.16. The molecular formula is C16H18F3N3O4. The molecule has 1 N–H and O–H groups in total. The van der Waals surface area contributed by atoms with E-state index in [0.29, 0.717) is 0 Å². The molecule has 0 aliphatic carbocycles. The lowest BCUT2D eigenvalue weighted by atomic mass is 10.2. The van der Waals surface area contributed by atoms with E-state index < -0.39 is 29.8 Å². The number of para-hydroxylation sites is 1. The van der Waals surface area contributed by atoms with Crippen LogP contribution in [-0.2, 0) is 4.74 Å². The van der Waals surface area contributed by atoms with Gasteiger partial charge >= 0.3 is 12.5 Å². The van der Waals surface area contributed by atoms with Crippen LogP contribution in [0.25, 0.3) is 11.4 Å². The summed E-state index contributed by atoms with van der Waals surface area (Å²) in [6.07, 6.45) is -5.54. The highest BCUT2D eigenvalue weighted by atomic mass is 19.4. The van der Waals surface area contributed by atoms with Gasteiger partial charge in [0.1, 0.15) is 17.4 Å². The van der Waals surface area contributed by atoms with E-state index in [9.17, 15) is 18.0 Å². The Morgan fingerprint density at radius 3 is 2.50 bits per heavy atom. The third kappa shape index (κ3) is 5.64. The molecule has 1 aromatic heterocycles. The van der Waals surface area contributed by atoms with Crippen molar-refractivity contribution in [3.63, 3.8) is 0 Å². The number of nitrogens with zero attached hydrogens (tertiary/aromatic N) is 2. The Labute approximate surface area is 147 Å². The van der Waals surface area contributed by atoms with Gasteiger partial charge in [-0.25, -0.2) is 4.79 Å². The molecule has 0 radical (unpaired) electrons. The molecule has 2 aromatic rings. The molecule has 1 atom stereocenters. The highest BCUT2D eigenvalue weighted by molar-refractivity contribution is 5.68. The first-order valence-corrected chi connectivity index (χ1v) is 7.63. The number of hydrogen-bond acceptors (Lipinski definition) is 6. The van der Waals surface area contributed by atoms with Crippen molar-refractivity contribution in [2.75, 3.05) is 0 Å². The number of carbonyl (C=O) groups excluding carboxylic acids is 1. The molecule has 0 aliphatic heterocycles. The van der Waals surface area contributed by atoms with Gasteiger partial charge in [0.15, 0.2) is 0 Å². The SMILES string of the molecule is C[C@H](NC(=O)OC(C)(C)C)c1nc(-c2ccccc2OC(F)(F)F)no1. The van der Waals surface area contributed by atoms with Gasteiger partial charge in [-0.15, -0.1) is 13.2 Å². The van der Waals surface area contributed by atoms with Crippen LogP contribution in [0.4, 0.5) is 18.0 Å². The van der Waals surface area contributed by atoms with Crippen molar-refractivity contribution in [2.45, 2.75) is 45.7 Å². The Morgan fingerprint density at radius 1 is 1.23 bits per heavy atom. The summed E-state index contributed by atoms with van der Waals surface area (Å²) >= 11 is 0. The van der Waals surface area contributed by atoms with Gasteiger partial charge in [0.25, 0.3) is 0 Å². The first-order valence-electron chi connectivity index (χ1n) is 7.63. The van der Waals surface area contributed by atoms with E-state index in [0.717, 1.165) is 6.07 Å². The van der Waals surface area contributed by atoms with Crippen LogP contribution in [0.3, 0.4) is 0 Å². The van der Waals surface area contributed by atoms with Crippen LogP contribution >= 0.6 is 0 Å². The topological polar surface area (TPSA) is 86.5 Å². The lowest BCUT2D eigenvalue weighted by Crippen LogP contribution is -2.34. The average molecular weight is 373 g/mol. The van der Waals surface area contributed by atoms with E-state index in [1.54, 1.807) is 27.7 Å². The Morgan fingerprint density at radius 2 is 1.88 bits per heavy atom. The van der Waals surface area contributed by atoms with E-state index in [4.69, 9.17) is 9.26 Å². The molecule has 26 heavy (non-hydrogen) atoms. The maximum absolute atomic E-state index is 12.5. The van der Waals surface area contributed by atoms with E-state index >= 15 is 0 Å². The standard InChI is InChI=1S/C16H18F3N3O4/c1-9(20-14(23)25-15(2,3)4)13-21-12(22-26-13)10-7-5-6-8-11(10)24-16(17,18)19/h5-9H,1-4H3,(H,20,23)/t9-/m0/s1. The average Bonchev–Trinajstić information content (AvgIpc) is 2.93. The summed E-state index contributed by atoms with van der Waals surface area (Å²) in [7, 11) is 0. The summed E-state index contributed by atoms with van der Waals surface area (Å²) in [5, 5.41) is 6.16. The fraction of sp³-hybridized carbons (Fsp3) is 0.438. The van der Waals surface area contributed by atoms with Crippen molar-refractivity contribution < 1.29 is 32.0 Å². The molecule has 1 heterocycles. The molecule has 1 aromatic carbocycles. The van der Waals surface area contributed by atoms with Gasteiger partial charge in [0, 0.05) is 0 Å². The summed E-state index contributed by atoms with van der Waals surface area (Å²) in [5.41, 5.74) is -0.679. The van der Waals surface area contributed by atoms with Crippen LogP contribution in [0.1, 0.15) is 39.6 Å². The van der Waals surface area contributed by atoms with Crippen LogP contribution in [0.5, 0.6) is 5.75 Å². The van der Waals surface area contributed by atoms with Crippen molar-refractivity contribution in [3.8, 4) is 17.1 Å². The van der Waals surface area contributed by atoms with Crippen molar-refractivity contribution in [1.82, 2.24) is 15.5 Å². The number of halogens is 3. The molecule has 0 unspecified atom stereocenters. The minimum Gasteiger partial charge on any atom is -0.444 e. The van der Waals surface area contributed by atoms with Crippen LogP contribution in [0.2, 0.25) is 0 Å². The van der Waals surface area contributed by atoms with E-state index in [1.165, 1.54) is 18.2 Å². The number of nitrogens with one attached hydrogen (secondary N) is 1. The van der Waals surface area contributed by atoms with Gasteiger partial charge in [0.2, 0.25) is 11.7 Å². The van der Waals surface area contributed by atoms with Gasteiger partial charge in [-0.2, -0.15) is 4.98 Å². The molecule has 0 saturated carbocycles. The monoisotopic (exact) mass is 373 g/mol. The van der Waals surface area contributed by atoms with Crippen LogP contribution in [-0.4, -0.2) is 28.2 Å². The van der Waals surface area contributed by atoms with Crippen LogP contribution in [0, 0.1) is 0 Å². The molecule has 7 nitrogen and oxygen atoms in total. The third-order valence-corrected chi connectivity index (χ3v) is 2.90. The molecule has 142 valence electrons. The second-order valence-electron chi connectivity index (χ2n) is 6.37. The number of alkyl carbamates (subject to hydrolysis) is 1. The predicted octanol–water partition coefficient (Wildman–Crippen LogP) is 4.22. The van der Waals surface area contributed by atoms with Gasteiger partial charge in [0.05, 0.1) is 5.56 Å². The zero-order chi connectivity index (χ0) is 19.5. The molecule has 0 fully saturated rings. The molecule has 2 rings (SSSR count). The van der Waals surface area contributed by atoms with Gasteiger partial charge in [-0.3, -0.25) is 0 Å². The molecule has 0 spiro atoms. The smallest absolute Gasteiger partial charge is 0.444 e. The zero-order valence-corrected chi connectivity index (χ0v) is 14.5. The van der Waals surface area contributed by atoms with E-state index in [1.807, 2.05) is 0 Å². The lowest BCUT2D eigenvalue weighted by molar-refractivity contribution is -0.274. The second-order valence-corrected chi connectivity index (χ2v) is 6.37. The normalized spacial score (nSPS) is 13.2. The predicted molar refractivity (Wildman–Crippen MR) is 84.2 cm³/mol. The summed E-state index contributed by atoms with van der Waals surface area (Å²) in [6, 6.07) is 4.69. The first-order chi connectivity index (χ1) is 11.9. The van der Waals surface area contributed by atoms with Gasteiger partial charge < -0.3 is 19.3 Å². The van der Waals surface area contributed by atoms with E-state index in [-0.39, 0.29) is 17.3 Å². The lowest BCUT2D eigenvalue weighted by Gasteiger charge is -2.20. The number of alkyl halides is 3. The van der Waals surface area contributed by atoms with Crippen molar-refractivity contribution in [3.05, 3.63) is 30.2 Å². The Kier molecular flexibility index (Phi) is 5.43. The maximum Gasteiger partial charge on any atom is 0.573 e. The molecule has 0 aliphatic rings. The quantitative estimate of drug-likeness (QED) is 0.863. The van der Waals surface area contributed by atoms with Gasteiger partial charge in [-0.05, 0) is 39.8 Å². The summed E-state index contributed by atoms with van der Waals surface area (Å²) in [5.74, 6) is -0.550. The summed E-state index contributed by atoms with van der Waals surface area (Å²) < 4.78 is 51.6. The zero-order valence-electron chi connectivity index (χ0n) is 14.5. The van der Waals surface area contributed by atoms with E-state index in [2.05, 4.69) is 20.2 Å². The number of benzene rings is 1. The Bertz CT molecular complexity index is 769. The fourth-order valence-corrected chi connectivity index (χ4v) is 1.93.